The summed E-state index contributed by atoms with van der Waals surface area (Å²) < 4.78 is 11.5. The van der Waals surface area contributed by atoms with E-state index in [2.05, 4.69) is 33.1 Å². The van der Waals surface area contributed by atoms with Gasteiger partial charge in [0.05, 0.1) is 0 Å². The molecule has 2 nitrogen and oxygen atoms in total. The van der Waals surface area contributed by atoms with Gasteiger partial charge in [-0.3, -0.25) is 0 Å². The maximum Gasteiger partial charge on any atom is 0.297 e. The summed E-state index contributed by atoms with van der Waals surface area (Å²) >= 11 is 0. The van der Waals surface area contributed by atoms with Gasteiger partial charge < -0.3 is 8.23 Å². The van der Waals surface area contributed by atoms with Crippen molar-refractivity contribution in [2.45, 2.75) is 39.2 Å². The highest BCUT2D eigenvalue weighted by Crippen LogP contribution is 1.99. The van der Waals surface area contributed by atoms with Crippen LogP contribution in [0.2, 0.25) is 32.2 Å². The Bertz CT molecular complexity index is 99.8. The Labute approximate surface area is 75.2 Å². The average molecular weight is 208 g/mol. The largest absolute Gasteiger partial charge is 0.442 e. The van der Waals surface area contributed by atoms with Crippen LogP contribution in [0.15, 0.2) is 0 Å². The monoisotopic (exact) mass is 208 g/mol. The molecule has 0 aromatic heterocycles. The van der Waals surface area contributed by atoms with E-state index >= 15 is 0 Å². The van der Waals surface area contributed by atoms with Crippen molar-refractivity contribution in [2.24, 2.45) is 0 Å². The van der Waals surface area contributed by atoms with Gasteiger partial charge in [-0.25, -0.2) is 0 Å². The van der Waals surface area contributed by atoms with E-state index in [-0.39, 0.29) is 0 Å². The van der Waals surface area contributed by atoms with E-state index in [9.17, 15) is 0 Å². The summed E-state index contributed by atoms with van der Waals surface area (Å²) in [6.07, 6.45) is 0. The number of hydrogen-bond donors (Lipinski definition) is 0. The Balaban J connectivity index is 3.43. The second-order valence-corrected chi connectivity index (χ2v) is 11.0. The topological polar surface area (TPSA) is 18.5 Å². The molecule has 0 aromatic carbocycles. The standard InChI is InChI=1S/C6H20O2Si3/c1-6-10(4)8-11(5)7-9(2)3/h9-11H,6H2,1-5H3. The smallest absolute Gasteiger partial charge is 0.297 e. The third kappa shape index (κ3) is 6.95. The third-order valence-electron chi connectivity index (χ3n) is 1.46. The molecule has 0 spiro atoms. The molecule has 0 aliphatic rings. The van der Waals surface area contributed by atoms with Gasteiger partial charge in [0.2, 0.25) is 0 Å². The minimum Gasteiger partial charge on any atom is -0.442 e. The van der Waals surface area contributed by atoms with Crippen LogP contribution in [0.1, 0.15) is 6.92 Å². The third-order valence-corrected chi connectivity index (χ3v) is 9.71. The second-order valence-electron chi connectivity index (χ2n) is 3.11. The highest BCUT2D eigenvalue weighted by atomic mass is 28.4. The first-order valence-electron chi connectivity index (χ1n) is 4.37. The molecule has 11 heavy (non-hydrogen) atoms. The first-order chi connectivity index (χ1) is 5.06. The van der Waals surface area contributed by atoms with Crippen LogP contribution < -0.4 is 0 Å². The minimum atomic E-state index is -1.21. The molecule has 0 aliphatic heterocycles. The fourth-order valence-electron chi connectivity index (χ4n) is 0.839. The van der Waals surface area contributed by atoms with E-state index in [1.807, 2.05) is 0 Å². The zero-order valence-corrected chi connectivity index (χ0v) is 11.7. The van der Waals surface area contributed by atoms with Crippen molar-refractivity contribution in [1.29, 1.82) is 0 Å². The van der Waals surface area contributed by atoms with E-state index in [1.165, 1.54) is 6.04 Å². The highest BCUT2D eigenvalue weighted by molar-refractivity contribution is 6.67. The summed E-state index contributed by atoms with van der Waals surface area (Å²) in [4.78, 5) is 0. The van der Waals surface area contributed by atoms with Gasteiger partial charge in [0.1, 0.15) is 0 Å². The van der Waals surface area contributed by atoms with Crippen LogP contribution in [0.5, 0.6) is 0 Å². The molecule has 0 radical (unpaired) electrons. The van der Waals surface area contributed by atoms with E-state index in [0.717, 1.165) is 0 Å². The summed E-state index contributed by atoms with van der Waals surface area (Å²) in [5.74, 6) is 0. The Kier molecular flexibility index (Phi) is 6.45. The predicted molar refractivity (Wildman–Crippen MR) is 57.6 cm³/mol. The van der Waals surface area contributed by atoms with Gasteiger partial charge in [-0.15, -0.1) is 0 Å². The maximum atomic E-state index is 5.80. The Hall–Kier alpha value is 0.571. The summed E-state index contributed by atoms with van der Waals surface area (Å²) in [5.41, 5.74) is 0. The Morgan fingerprint density at radius 3 is 1.91 bits per heavy atom. The van der Waals surface area contributed by atoms with Crippen molar-refractivity contribution in [2.75, 3.05) is 0 Å². The SMILES string of the molecule is CC[SiH](C)O[SiH](C)O[SiH](C)C. The van der Waals surface area contributed by atoms with Crippen LogP contribution in [-0.4, -0.2) is 27.4 Å². The molecule has 0 aromatic rings. The zero-order valence-electron chi connectivity index (χ0n) is 8.26. The Morgan fingerprint density at radius 2 is 1.55 bits per heavy atom. The summed E-state index contributed by atoms with van der Waals surface area (Å²) in [7, 11) is -2.89. The molecule has 2 atom stereocenters. The quantitative estimate of drug-likeness (QED) is 0.633. The summed E-state index contributed by atoms with van der Waals surface area (Å²) in [5, 5.41) is 0. The van der Waals surface area contributed by atoms with Crippen LogP contribution in [0.3, 0.4) is 0 Å². The molecule has 0 aliphatic carbocycles. The molecule has 0 saturated carbocycles. The molecule has 2 unspecified atom stereocenters. The van der Waals surface area contributed by atoms with Crippen LogP contribution >= 0.6 is 0 Å². The lowest BCUT2D eigenvalue weighted by Crippen LogP contribution is -2.30. The molecule has 0 fully saturated rings. The molecule has 0 bridgehead atoms. The first kappa shape index (κ1) is 11.6. The molecule has 0 amide bonds. The Morgan fingerprint density at radius 1 is 1.00 bits per heavy atom. The van der Waals surface area contributed by atoms with Gasteiger partial charge in [-0.1, -0.05) is 6.92 Å². The number of hydrogen-bond acceptors (Lipinski definition) is 2. The van der Waals surface area contributed by atoms with Gasteiger partial charge in [-0.05, 0) is 32.2 Å². The maximum absolute atomic E-state index is 5.80. The normalized spacial score (nSPS) is 16.9. The van der Waals surface area contributed by atoms with Crippen molar-refractivity contribution < 1.29 is 8.23 Å². The lowest BCUT2D eigenvalue weighted by molar-refractivity contribution is 0.446. The van der Waals surface area contributed by atoms with Crippen LogP contribution in [0.25, 0.3) is 0 Å². The fraction of sp³-hybridized carbons (Fsp3) is 1.00. The van der Waals surface area contributed by atoms with E-state index in [1.54, 1.807) is 0 Å². The van der Waals surface area contributed by atoms with Gasteiger partial charge in [0.25, 0.3) is 9.28 Å². The number of rotatable bonds is 5. The molecule has 5 heteroatoms. The van der Waals surface area contributed by atoms with Crippen molar-refractivity contribution in [1.82, 2.24) is 0 Å². The van der Waals surface area contributed by atoms with Gasteiger partial charge in [-0.2, -0.15) is 0 Å². The van der Waals surface area contributed by atoms with Gasteiger partial charge in [0, 0.05) is 0 Å². The van der Waals surface area contributed by atoms with E-state index in [0.29, 0.717) is 0 Å². The van der Waals surface area contributed by atoms with Gasteiger partial charge in [0.15, 0.2) is 18.1 Å². The average Bonchev–Trinajstić information content (AvgIpc) is 1.85. The fourth-order valence-corrected chi connectivity index (χ4v) is 8.13. The summed E-state index contributed by atoms with van der Waals surface area (Å²) in [6, 6.07) is 1.22. The molecular weight excluding hydrogens is 188 g/mol. The lowest BCUT2D eigenvalue weighted by atomic mass is 11.0. The van der Waals surface area contributed by atoms with E-state index < -0.39 is 27.4 Å². The molecule has 0 N–H and O–H groups in total. The molecule has 0 saturated heterocycles. The van der Waals surface area contributed by atoms with Crippen molar-refractivity contribution >= 4 is 27.4 Å². The van der Waals surface area contributed by atoms with Crippen LogP contribution in [0.4, 0.5) is 0 Å². The second kappa shape index (κ2) is 6.13. The first-order valence-corrected chi connectivity index (χ1v) is 11.7. The molecule has 0 heterocycles. The predicted octanol–water partition coefficient (Wildman–Crippen LogP) is 1.23. The lowest BCUT2D eigenvalue weighted by Gasteiger charge is -2.18. The van der Waals surface area contributed by atoms with Gasteiger partial charge >= 0.3 is 0 Å². The zero-order chi connectivity index (χ0) is 8.85. The van der Waals surface area contributed by atoms with Crippen LogP contribution in [-0.2, 0) is 8.23 Å². The van der Waals surface area contributed by atoms with Crippen LogP contribution in [0, 0.1) is 0 Å². The van der Waals surface area contributed by atoms with Crippen molar-refractivity contribution in [3.8, 4) is 0 Å². The summed E-state index contributed by atoms with van der Waals surface area (Å²) in [6.45, 7) is 11.0. The molecule has 68 valence electrons. The molecule has 0 rings (SSSR count). The molecular formula is C6H20O2Si3. The van der Waals surface area contributed by atoms with Crippen molar-refractivity contribution in [3.63, 3.8) is 0 Å². The van der Waals surface area contributed by atoms with E-state index in [4.69, 9.17) is 8.23 Å². The van der Waals surface area contributed by atoms with Crippen molar-refractivity contribution in [3.05, 3.63) is 0 Å². The minimum absolute atomic E-state index is 0.839. The highest BCUT2D eigenvalue weighted by Gasteiger charge is 2.11.